The Morgan fingerprint density at radius 1 is 1.21 bits per heavy atom. The van der Waals surface area contributed by atoms with Crippen molar-refractivity contribution in [2.24, 2.45) is 7.05 Å². The van der Waals surface area contributed by atoms with Crippen LogP contribution in [0.2, 0.25) is 15.1 Å². The van der Waals surface area contributed by atoms with Gasteiger partial charge < -0.3 is 14.6 Å². The van der Waals surface area contributed by atoms with Gasteiger partial charge in [0.2, 0.25) is 5.91 Å². The molecule has 0 spiro atoms. The van der Waals surface area contributed by atoms with Crippen LogP contribution in [0.15, 0.2) is 41.6 Å². The lowest BCUT2D eigenvalue weighted by Gasteiger charge is -2.09. The first-order valence-electron chi connectivity index (χ1n) is 8.18. The van der Waals surface area contributed by atoms with Crippen molar-refractivity contribution in [2.75, 3.05) is 11.1 Å². The van der Waals surface area contributed by atoms with Gasteiger partial charge in [0.25, 0.3) is 0 Å². The third-order valence-electron chi connectivity index (χ3n) is 3.73. The van der Waals surface area contributed by atoms with Gasteiger partial charge in [0.05, 0.1) is 26.5 Å². The number of rotatable bonds is 7. The second kappa shape index (κ2) is 9.67. The van der Waals surface area contributed by atoms with Gasteiger partial charge >= 0.3 is 0 Å². The van der Waals surface area contributed by atoms with Crippen molar-refractivity contribution >= 4 is 58.2 Å². The molecule has 0 unspecified atom stereocenters. The van der Waals surface area contributed by atoms with E-state index >= 15 is 0 Å². The van der Waals surface area contributed by atoms with E-state index in [1.165, 1.54) is 30.0 Å². The molecule has 3 aromatic rings. The monoisotopic (exact) mass is 474 g/mol. The van der Waals surface area contributed by atoms with Crippen LogP contribution in [-0.2, 0) is 18.4 Å². The first-order chi connectivity index (χ1) is 13.8. The Morgan fingerprint density at radius 2 is 2.00 bits per heavy atom. The Morgan fingerprint density at radius 3 is 2.76 bits per heavy atom. The van der Waals surface area contributed by atoms with Crippen molar-refractivity contribution in [3.05, 3.63) is 63.1 Å². The van der Waals surface area contributed by atoms with Crippen LogP contribution < -0.4 is 10.1 Å². The predicted molar refractivity (Wildman–Crippen MR) is 113 cm³/mol. The van der Waals surface area contributed by atoms with Crippen LogP contribution in [0, 0.1) is 5.82 Å². The van der Waals surface area contributed by atoms with Crippen molar-refractivity contribution < 1.29 is 13.9 Å². The SMILES string of the molecule is Cn1c(COc2ccc(F)cc2Cl)nnc1SCC(=O)Nc1cccc(Cl)c1Cl. The van der Waals surface area contributed by atoms with E-state index in [1.807, 2.05) is 0 Å². The number of halogens is 4. The number of aromatic nitrogens is 3. The molecule has 0 aliphatic heterocycles. The van der Waals surface area contributed by atoms with E-state index in [-0.39, 0.29) is 28.3 Å². The first-order valence-corrected chi connectivity index (χ1v) is 10.3. The average Bonchev–Trinajstić information content (AvgIpc) is 3.03. The van der Waals surface area contributed by atoms with Crippen LogP contribution in [0.25, 0.3) is 0 Å². The molecule has 152 valence electrons. The molecule has 0 saturated carbocycles. The first kappa shape index (κ1) is 21.7. The fourth-order valence-corrected chi connectivity index (χ4v) is 3.55. The van der Waals surface area contributed by atoms with Crippen molar-refractivity contribution in [1.82, 2.24) is 14.8 Å². The number of anilines is 1. The number of hydrogen-bond donors (Lipinski definition) is 1. The van der Waals surface area contributed by atoms with E-state index in [9.17, 15) is 9.18 Å². The topological polar surface area (TPSA) is 69.0 Å². The number of hydrogen-bond acceptors (Lipinski definition) is 5. The number of benzene rings is 2. The van der Waals surface area contributed by atoms with Gasteiger partial charge in [-0.1, -0.05) is 52.6 Å². The zero-order valence-corrected chi connectivity index (χ0v) is 18.0. The maximum atomic E-state index is 13.1. The molecule has 1 amide bonds. The van der Waals surface area contributed by atoms with Crippen molar-refractivity contribution in [2.45, 2.75) is 11.8 Å². The van der Waals surface area contributed by atoms with Crippen molar-refractivity contribution in [3.8, 4) is 5.75 Å². The lowest BCUT2D eigenvalue weighted by atomic mass is 10.3. The van der Waals surface area contributed by atoms with Gasteiger partial charge in [-0.15, -0.1) is 10.2 Å². The summed E-state index contributed by atoms with van der Waals surface area (Å²) in [5.41, 5.74) is 0.438. The Hall–Kier alpha value is -2.00. The number of ether oxygens (including phenoxy) is 1. The molecule has 6 nitrogen and oxygen atoms in total. The molecule has 0 aliphatic rings. The minimum Gasteiger partial charge on any atom is -0.484 e. The average molecular weight is 476 g/mol. The number of nitrogens with zero attached hydrogens (tertiary/aromatic N) is 3. The summed E-state index contributed by atoms with van der Waals surface area (Å²) in [7, 11) is 1.75. The molecular weight excluding hydrogens is 462 g/mol. The Balaban J connectivity index is 1.56. The molecule has 11 heteroatoms. The minimum atomic E-state index is -0.447. The van der Waals surface area contributed by atoms with E-state index in [0.29, 0.717) is 27.4 Å². The number of amides is 1. The quantitative estimate of drug-likeness (QED) is 0.474. The van der Waals surface area contributed by atoms with Crippen LogP contribution >= 0.6 is 46.6 Å². The van der Waals surface area contributed by atoms with E-state index in [1.54, 1.807) is 29.8 Å². The highest BCUT2D eigenvalue weighted by molar-refractivity contribution is 7.99. The fourth-order valence-electron chi connectivity index (χ4n) is 2.25. The molecule has 0 fully saturated rings. The van der Waals surface area contributed by atoms with Gasteiger partial charge in [0.1, 0.15) is 18.2 Å². The summed E-state index contributed by atoms with van der Waals surface area (Å²) in [6, 6.07) is 8.85. The van der Waals surface area contributed by atoms with Crippen LogP contribution in [0.5, 0.6) is 5.75 Å². The van der Waals surface area contributed by atoms with Gasteiger partial charge in [-0.05, 0) is 30.3 Å². The second-order valence-electron chi connectivity index (χ2n) is 5.76. The molecule has 29 heavy (non-hydrogen) atoms. The normalized spacial score (nSPS) is 10.8. The Kier molecular flexibility index (Phi) is 7.23. The lowest BCUT2D eigenvalue weighted by Crippen LogP contribution is -2.15. The highest BCUT2D eigenvalue weighted by Gasteiger charge is 2.14. The fraction of sp³-hybridized carbons (Fsp3) is 0.167. The lowest BCUT2D eigenvalue weighted by molar-refractivity contribution is -0.113. The number of nitrogens with one attached hydrogen (secondary N) is 1. The number of thioether (sulfide) groups is 1. The molecule has 1 N–H and O–H groups in total. The molecule has 2 aromatic carbocycles. The Bertz CT molecular complexity index is 1050. The van der Waals surface area contributed by atoms with E-state index < -0.39 is 5.82 Å². The molecule has 1 heterocycles. The summed E-state index contributed by atoms with van der Waals surface area (Å²) < 4.78 is 20.4. The Labute approximate surface area is 185 Å². The van der Waals surface area contributed by atoms with Crippen LogP contribution in [0.4, 0.5) is 10.1 Å². The van der Waals surface area contributed by atoms with Crippen LogP contribution in [0.1, 0.15) is 5.82 Å². The summed E-state index contributed by atoms with van der Waals surface area (Å²) in [4.78, 5) is 12.2. The standard InChI is InChI=1S/C18H14Cl3FN4O2S/c1-26-15(8-28-14-6-5-10(22)7-12(14)20)24-25-18(26)29-9-16(27)23-13-4-2-3-11(19)17(13)21/h2-7H,8-9H2,1H3,(H,23,27). The molecule has 1 aromatic heterocycles. The summed E-state index contributed by atoms with van der Waals surface area (Å²) in [6.07, 6.45) is 0. The molecule has 3 rings (SSSR count). The molecule has 0 bridgehead atoms. The van der Waals surface area contributed by atoms with E-state index in [0.717, 1.165) is 0 Å². The van der Waals surface area contributed by atoms with Crippen molar-refractivity contribution in [1.29, 1.82) is 0 Å². The second-order valence-corrected chi connectivity index (χ2v) is 7.89. The third-order valence-corrected chi connectivity index (χ3v) is 5.87. The van der Waals surface area contributed by atoms with E-state index in [2.05, 4.69) is 15.5 Å². The van der Waals surface area contributed by atoms with Gasteiger partial charge in [-0.3, -0.25) is 4.79 Å². The summed E-state index contributed by atoms with van der Waals surface area (Å²) >= 11 is 19.1. The molecule has 0 radical (unpaired) electrons. The molecule has 0 aliphatic carbocycles. The smallest absolute Gasteiger partial charge is 0.234 e. The van der Waals surface area contributed by atoms with Gasteiger partial charge in [0, 0.05) is 7.05 Å². The molecule has 0 saturated heterocycles. The highest BCUT2D eigenvalue weighted by atomic mass is 35.5. The van der Waals surface area contributed by atoms with E-state index in [4.69, 9.17) is 39.5 Å². The summed E-state index contributed by atoms with van der Waals surface area (Å²) in [5.74, 6) is 0.240. The minimum absolute atomic E-state index is 0.0831. The van der Waals surface area contributed by atoms with Crippen LogP contribution in [0.3, 0.4) is 0 Å². The summed E-state index contributed by atoms with van der Waals surface area (Å²) in [5, 5.41) is 12.1. The maximum absolute atomic E-state index is 13.1. The maximum Gasteiger partial charge on any atom is 0.234 e. The number of carbonyl (C=O) groups excluding carboxylic acids is 1. The van der Waals surface area contributed by atoms with Gasteiger partial charge in [-0.25, -0.2) is 4.39 Å². The highest BCUT2D eigenvalue weighted by Crippen LogP contribution is 2.30. The largest absolute Gasteiger partial charge is 0.484 e. The summed E-state index contributed by atoms with van der Waals surface area (Å²) in [6.45, 7) is 0.0831. The molecular formula is C18H14Cl3FN4O2S. The zero-order chi connectivity index (χ0) is 21.0. The van der Waals surface area contributed by atoms with Gasteiger partial charge in [-0.2, -0.15) is 0 Å². The third kappa shape index (κ3) is 5.54. The molecule has 0 atom stereocenters. The van der Waals surface area contributed by atoms with Gasteiger partial charge in [0.15, 0.2) is 11.0 Å². The zero-order valence-electron chi connectivity index (χ0n) is 15.0. The predicted octanol–water partition coefficient (Wildman–Crippen LogP) is 5.22. The van der Waals surface area contributed by atoms with Crippen molar-refractivity contribution in [3.63, 3.8) is 0 Å². The van der Waals surface area contributed by atoms with Crippen LogP contribution in [-0.4, -0.2) is 26.4 Å². The number of carbonyl (C=O) groups is 1.